The van der Waals surface area contributed by atoms with Crippen LogP contribution in [-0.4, -0.2) is 42.3 Å². The number of aliphatic carboxylic acids is 1. The molecule has 2 aromatic carbocycles. The molecule has 3 N–H and O–H groups in total. The normalized spacial score (nSPS) is 19.9. The molecule has 2 aliphatic carbocycles. The minimum absolute atomic E-state index is 0.0120. The highest BCUT2D eigenvalue weighted by Gasteiger charge is 2.35. The summed E-state index contributed by atoms with van der Waals surface area (Å²) < 4.78 is 5.62. The van der Waals surface area contributed by atoms with Crippen molar-refractivity contribution in [2.45, 2.75) is 44.6 Å². The molecule has 1 fully saturated rings. The molecule has 33 heavy (non-hydrogen) atoms. The van der Waals surface area contributed by atoms with Crippen molar-refractivity contribution in [3.63, 3.8) is 0 Å². The van der Waals surface area contributed by atoms with Gasteiger partial charge in [0.2, 0.25) is 5.91 Å². The van der Waals surface area contributed by atoms with E-state index in [1.165, 1.54) is 11.1 Å². The predicted octanol–water partition coefficient (Wildman–Crippen LogP) is 3.92. The summed E-state index contributed by atoms with van der Waals surface area (Å²) in [7, 11) is 0. The predicted molar refractivity (Wildman–Crippen MR) is 124 cm³/mol. The molecule has 2 amide bonds. The van der Waals surface area contributed by atoms with Gasteiger partial charge in [-0.2, -0.15) is 0 Å². The Kier molecular flexibility index (Phi) is 6.96. The lowest BCUT2D eigenvalue weighted by Gasteiger charge is -2.21. The summed E-state index contributed by atoms with van der Waals surface area (Å²) >= 11 is 0. The number of nitrogens with one attached hydrogen (secondary N) is 2. The molecule has 1 unspecified atom stereocenters. The third kappa shape index (κ3) is 5.02. The van der Waals surface area contributed by atoms with Crippen molar-refractivity contribution in [1.82, 2.24) is 10.6 Å². The summed E-state index contributed by atoms with van der Waals surface area (Å²) in [5.41, 5.74) is 4.65. The van der Waals surface area contributed by atoms with Gasteiger partial charge in [-0.3, -0.25) is 9.59 Å². The summed E-state index contributed by atoms with van der Waals surface area (Å²) in [5.74, 6) is -1.87. The van der Waals surface area contributed by atoms with E-state index in [4.69, 9.17) is 9.84 Å². The summed E-state index contributed by atoms with van der Waals surface area (Å²) in [5, 5.41) is 14.7. The molecule has 0 aliphatic heterocycles. The van der Waals surface area contributed by atoms with Crippen LogP contribution in [0.2, 0.25) is 0 Å². The molecule has 0 saturated heterocycles. The second-order valence-electron chi connectivity index (χ2n) is 8.93. The van der Waals surface area contributed by atoms with E-state index >= 15 is 0 Å². The van der Waals surface area contributed by atoms with E-state index in [1.807, 2.05) is 24.3 Å². The van der Waals surface area contributed by atoms with Gasteiger partial charge in [0.25, 0.3) is 0 Å². The van der Waals surface area contributed by atoms with Crippen molar-refractivity contribution < 1.29 is 24.2 Å². The summed E-state index contributed by atoms with van der Waals surface area (Å²) in [4.78, 5) is 36.1. The lowest BCUT2D eigenvalue weighted by atomic mass is 9.98. The first kappa shape index (κ1) is 22.8. The third-order valence-corrected chi connectivity index (χ3v) is 6.80. The molecule has 1 saturated carbocycles. The SMILES string of the molecule is CC(CCNC(=O)[C@@H]1CCC[C@@H]1NC(=O)OCC1c2ccccc2-c2ccccc21)C(=O)O. The molecule has 7 heteroatoms. The second-order valence-corrected chi connectivity index (χ2v) is 8.93. The van der Waals surface area contributed by atoms with Crippen LogP contribution in [0.1, 0.15) is 49.7 Å². The lowest BCUT2D eigenvalue weighted by Crippen LogP contribution is -2.44. The largest absolute Gasteiger partial charge is 0.481 e. The Morgan fingerprint density at radius 2 is 1.67 bits per heavy atom. The van der Waals surface area contributed by atoms with Gasteiger partial charge in [-0.25, -0.2) is 4.79 Å². The molecule has 0 heterocycles. The Morgan fingerprint density at radius 1 is 1.03 bits per heavy atom. The fraction of sp³-hybridized carbons (Fsp3) is 0.423. The second kappa shape index (κ2) is 10.1. The number of hydrogen-bond acceptors (Lipinski definition) is 4. The summed E-state index contributed by atoms with van der Waals surface area (Å²) in [6.45, 7) is 2.16. The van der Waals surface area contributed by atoms with Crippen LogP contribution in [0.4, 0.5) is 4.79 Å². The van der Waals surface area contributed by atoms with Crippen molar-refractivity contribution in [1.29, 1.82) is 0 Å². The van der Waals surface area contributed by atoms with Crippen LogP contribution in [0.15, 0.2) is 48.5 Å². The molecule has 0 radical (unpaired) electrons. The van der Waals surface area contributed by atoms with Crippen LogP contribution in [0, 0.1) is 11.8 Å². The van der Waals surface area contributed by atoms with Crippen molar-refractivity contribution in [3.05, 3.63) is 59.7 Å². The topological polar surface area (TPSA) is 105 Å². The Bertz CT molecular complexity index is 991. The number of alkyl carbamates (subject to hydrolysis) is 1. The van der Waals surface area contributed by atoms with E-state index in [-0.39, 0.29) is 30.4 Å². The van der Waals surface area contributed by atoms with Gasteiger partial charge in [0, 0.05) is 18.5 Å². The standard InChI is InChI=1S/C26H30N2O5/c1-16(25(30)31)13-14-27-24(29)21-11-6-12-23(21)28-26(32)33-15-22-19-9-4-2-7-17(19)18-8-3-5-10-20(18)22/h2-5,7-10,16,21-23H,6,11-15H2,1H3,(H,27,29)(H,28,32)(H,30,31)/t16?,21-,23+/m1/s1. The summed E-state index contributed by atoms with van der Waals surface area (Å²) in [6.07, 6.45) is 2.11. The van der Waals surface area contributed by atoms with Crippen LogP contribution in [0.3, 0.4) is 0 Å². The maximum atomic E-state index is 12.6. The van der Waals surface area contributed by atoms with Crippen molar-refractivity contribution in [3.8, 4) is 11.1 Å². The number of rotatable bonds is 8. The fourth-order valence-corrected chi connectivity index (χ4v) is 4.90. The average Bonchev–Trinajstić information content (AvgIpc) is 3.40. The number of carbonyl (C=O) groups excluding carboxylic acids is 2. The number of carbonyl (C=O) groups is 3. The van der Waals surface area contributed by atoms with Gasteiger partial charge in [-0.1, -0.05) is 61.9 Å². The van der Waals surface area contributed by atoms with Gasteiger partial charge in [-0.05, 0) is 41.5 Å². The van der Waals surface area contributed by atoms with E-state index in [1.54, 1.807) is 6.92 Å². The molecule has 0 bridgehead atoms. The van der Waals surface area contributed by atoms with Crippen LogP contribution >= 0.6 is 0 Å². The van der Waals surface area contributed by atoms with Gasteiger partial charge in [0.1, 0.15) is 6.61 Å². The molecule has 4 rings (SSSR count). The first-order valence-electron chi connectivity index (χ1n) is 11.6. The van der Waals surface area contributed by atoms with Crippen LogP contribution in [-0.2, 0) is 14.3 Å². The van der Waals surface area contributed by atoms with Gasteiger partial charge < -0.3 is 20.5 Å². The smallest absolute Gasteiger partial charge is 0.407 e. The maximum Gasteiger partial charge on any atom is 0.407 e. The number of carboxylic acid groups (broad SMARTS) is 1. The Morgan fingerprint density at radius 3 is 2.30 bits per heavy atom. The molecular weight excluding hydrogens is 420 g/mol. The number of amides is 2. The first-order valence-corrected chi connectivity index (χ1v) is 11.6. The minimum atomic E-state index is -0.875. The molecular formula is C26H30N2O5. The first-order chi connectivity index (χ1) is 16.0. The quantitative estimate of drug-likeness (QED) is 0.565. The number of carboxylic acids is 1. The van der Waals surface area contributed by atoms with Crippen LogP contribution < -0.4 is 10.6 Å². The summed E-state index contributed by atoms with van der Waals surface area (Å²) in [6, 6.07) is 16.1. The van der Waals surface area contributed by atoms with Gasteiger partial charge in [-0.15, -0.1) is 0 Å². The number of ether oxygens (including phenoxy) is 1. The zero-order valence-corrected chi connectivity index (χ0v) is 18.8. The Labute approximate surface area is 193 Å². The highest BCUT2D eigenvalue weighted by molar-refractivity contribution is 5.81. The zero-order valence-electron chi connectivity index (χ0n) is 18.8. The number of fused-ring (bicyclic) bond motifs is 3. The van der Waals surface area contributed by atoms with E-state index in [2.05, 4.69) is 34.9 Å². The maximum absolute atomic E-state index is 12.6. The van der Waals surface area contributed by atoms with E-state index < -0.39 is 18.0 Å². The Balaban J connectivity index is 1.31. The molecule has 0 spiro atoms. The fourth-order valence-electron chi connectivity index (χ4n) is 4.90. The highest BCUT2D eigenvalue weighted by Crippen LogP contribution is 2.44. The van der Waals surface area contributed by atoms with Crippen LogP contribution in [0.25, 0.3) is 11.1 Å². The monoisotopic (exact) mass is 450 g/mol. The third-order valence-electron chi connectivity index (χ3n) is 6.80. The Hall–Kier alpha value is -3.35. The molecule has 7 nitrogen and oxygen atoms in total. The van der Waals surface area contributed by atoms with E-state index in [0.29, 0.717) is 25.8 Å². The van der Waals surface area contributed by atoms with Gasteiger partial charge in [0.15, 0.2) is 0 Å². The van der Waals surface area contributed by atoms with Crippen molar-refractivity contribution in [2.24, 2.45) is 11.8 Å². The number of hydrogen-bond donors (Lipinski definition) is 3. The molecule has 2 aromatic rings. The minimum Gasteiger partial charge on any atom is -0.481 e. The van der Waals surface area contributed by atoms with Gasteiger partial charge in [0.05, 0.1) is 11.8 Å². The number of benzene rings is 2. The molecule has 2 aliphatic rings. The average molecular weight is 451 g/mol. The molecule has 174 valence electrons. The van der Waals surface area contributed by atoms with Gasteiger partial charge >= 0.3 is 12.1 Å². The highest BCUT2D eigenvalue weighted by atomic mass is 16.5. The van der Waals surface area contributed by atoms with E-state index in [9.17, 15) is 14.4 Å². The molecule has 0 aromatic heterocycles. The molecule has 3 atom stereocenters. The van der Waals surface area contributed by atoms with E-state index in [0.717, 1.165) is 17.5 Å². The van der Waals surface area contributed by atoms with Crippen molar-refractivity contribution >= 4 is 18.0 Å². The lowest BCUT2D eigenvalue weighted by molar-refractivity contribution is -0.141. The van der Waals surface area contributed by atoms with Crippen LogP contribution in [0.5, 0.6) is 0 Å². The zero-order chi connectivity index (χ0) is 23.4. The van der Waals surface area contributed by atoms with Crippen molar-refractivity contribution in [2.75, 3.05) is 13.2 Å².